The molecule has 0 aliphatic carbocycles. The number of aromatic hydroxyl groups is 1. The number of carbonyl (C=O) groups is 1. The average Bonchev–Trinajstić information content (AvgIpc) is 3.30. The van der Waals surface area contributed by atoms with Gasteiger partial charge < -0.3 is 5.11 Å². The topological polar surface area (TPSA) is 111 Å². The highest BCUT2D eigenvalue weighted by molar-refractivity contribution is 9.10. The molecule has 0 aliphatic rings. The van der Waals surface area contributed by atoms with Crippen LogP contribution in [0.25, 0.3) is 22.3 Å². The summed E-state index contributed by atoms with van der Waals surface area (Å²) in [6, 6.07) is 14.7. The van der Waals surface area contributed by atoms with Crippen molar-refractivity contribution in [3.63, 3.8) is 0 Å². The number of aromatic nitrogens is 5. The first-order chi connectivity index (χ1) is 14.6. The smallest absolute Gasteiger partial charge is 0.287 e. The van der Waals surface area contributed by atoms with Crippen molar-refractivity contribution in [3.05, 3.63) is 53.0 Å². The molecule has 1 amide bonds. The molecule has 0 radical (unpaired) electrons. The molecule has 2 heterocycles. The molecule has 0 spiro atoms. The molecule has 0 aliphatic heterocycles. The van der Waals surface area contributed by atoms with Crippen LogP contribution in [-0.4, -0.2) is 35.8 Å². The van der Waals surface area contributed by atoms with E-state index < -0.39 is 5.91 Å². The lowest BCUT2D eigenvalue weighted by Gasteiger charge is -2.00. The molecule has 1 N–H and O–H groups in total. The van der Waals surface area contributed by atoms with Gasteiger partial charge in [-0.25, -0.2) is 0 Å². The van der Waals surface area contributed by atoms with Crippen molar-refractivity contribution < 1.29 is 9.90 Å². The van der Waals surface area contributed by atoms with Gasteiger partial charge in [0.1, 0.15) is 6.54 Å². The number of carbonyl (C=O) groups excluding carboxylic acids is 1. The normalized spacial score (nSPS) is 11.2. The average molecular weight is 464 g/mol. The first-order valence-electron chi connectivity index (χ1n) is 8.79. The quantitative estimate of drug-likeness (QED) is 0.358. The molecular formula is C20H14BrN7O2. The summed E-state index contributed by atoms with van der Waals surface area (Å²) in [6.07, 6.45) is 5.39. The van der Waals surface area contributed by atoms with Gasteiger partial charge in [0.15, 0.2) is 5.69 Å². The molecule has 10 heteroatoms. The first kappa shape index (κ1) is 19.5. The second-order valence-corrected chi connectivity index (χ2v) is 7.14. The number of rotatable bonds is 5. The van der Waals surface area contributed by atoms with Gasteiger partial charge in [0.25, 0.3) is 5.91 Å². The van der Waals surface area contributed by atoms with Gasteiger partial charge >= 0.3 is 0 Å². The number of halogens is 1. The monoisotopic (exact) mass is 463 g/mol. The fourth-order valence-corrected chi connectivity index (χ4v) is 3.28. The molecule has 9 nitrogen and oxygen atoms in total. The minimum absolute atomic E-state index is 0.151. The highest BCUT2D eigenvalue weighted by Crippen LogP contribution is 2.39. The van der Waals surface area contributed by atoms with Crippen LogP contribution in [0.3, 0.4) is 0 Å². The minimum atomic E-state index is -0.598. The van der Waals surface area contributed by atoms with Crippen molar-refractivity contribution in [1.82, 2.24) is 24.8 Å². The molecule has 4 aromatic rings. The van der Waals surface area contributed by atoms with Crippen LogP contribution in [0.5, 0.6) is 5.88 Å². The number of tetrazole rings is 1. The zero-order chi connectivity index (χ0) is 21.1. The predicted octanol–water partition coefficient (Wildman–Crippen LogP) is 3.71. The van der Waals surface area contributed by atoms with Crippen molar-refractivity contribution in [3.8, 4) is 29.6 Å². The van der Waals surface area contributed by atoms with E-state index in [2.05, 4.69) is 47.5 Å². The molecule has 148 valence electrons. The van der Waals surface area contributed by atoms with Gasteiger partial charge in [0.05, 0.1) is 12.1 Å². The third kappa shape index (κ3) is 3.83. The molecule has 4 rings (SSSR count). The number of hydrogen-bond acceptors (Lipinski definition) is 6. The van der Waals surface area contributed by atoms with Crippen molar-refractivity contribution in [2.45, 2.75) is 13.1 Å². The van der Waals surface area contributed by atoms with Crippen LogP contribution < -0.4 is 0 Å². The van der Waals surface area contributed by atoms with Crippen LogP contribution in [0.1, 0.15) is 0 Å². The number of nitrogens with zero attached hydrogens (tertiary/aromatic N) is 7. The molecule has 30 heavy (non-hydrogen) atoms. The van der Waals surface area contributed by atoms with E-state index in [1.165, 1.54) is 4.57 Å². The molecule has 0 fully saturated rings. The number of hydrogen-bond donors (Lipinski definition) is 1. The number of benzene rings is 2. The van der Waals surface area contributed by atoms with Crippen LogP contribution in [-0.2, 0) is 17.9 Å². The standard InChI is InChI=1S/C20H14BrN7O2/c1-2-10-27-16-9-8-14(21)11-15(16)18(20(27)30)23-22-17(29)12-28-25-19(24-26-28)13-6-4-3-5-7-13/h1,3-9,11,30H,10,12H2. The molecule has 2 aromatic heterocycles. The summed E-state index contributed by atoms with van der Waals surface area (Å²) in [4.78, 5) is 13.4. The van der Waals surface area contributed by atoms with E-state index in [0.717, 1.165) is 14.8 Å². The van der Waals surface area contributed by atoms with Crippen molar-refractivity contribution in [2.75, 3.05) is 0 Å². The Bertz CT molecular complexity index is 1300. The van der Waals surface area contributed by atoms with E-state index in [4.69, 9.17) is 6.42 Å². The van der Waals surface area contributed by atoms with Gasteiger partial charge in [-0.2, -0.15) is 4.80 Å². The van der Waals surface area contributed by atoms with Crippen LogP contribution in [0.4, 0.5) is 5.69 Å². The van der Waals surface area contributed by atoms with Gasteiger partial charge in [-0.05, 0) is 23.4 Å². The molecule has 0 unspecified atom stereocenters. The number of azo groups is 1. The Morgan fingerprint density at radius 1 is 1.23 bits per heavy atom. The molecule has 0 saturated carbocycles. The highest BCUT2D eigenvalue weighted by atomic mass is 79.9. The summed E-state index contributed by atoms with van der Waals surface area (Å²) in [7, 11) is 0. The van der Waals surface area contributed by atoms with Crippen LogP contribution in [0.15, 0.2) is 63.2 Å². The van der Waals surface area contributed by atoms with Crippen LogP contribution >= 0.6 is 15.9 Å². The maximum atomic E-state index is 12.3. The summed E-state index contributed by atoms with van der Waals surface area (Å²) in [5.74, 6) is 2.12. The Morgan fingerprint density at radius 3 is 2.80 bits per heavy atom. The molecule has 0 bridgehead atoms. The lowest BCUT2D eigenvalue weighted by atomic mass is 10.2. The largest absolute Gasteiger partial charge is 0.493 e. The number of fused-ring (bicyclic) bond motifs is 1. The van der Waals surface area contributed by atoms with Gasteiger partial charge in [-0.15, -0.1) is 26.8 Å². The van der Waals surface area contributed by atoms with Crippen molar-refractivity contribution in [1.29, 1.82) is 0 Å². The lowest BCUT2D eigenvalue weighted by molar-refractivity contribution is -0.119. The van der Waals surface area contributed by atoms with E-state index in [1.807, 2.05) is 36.4 Å². The van der Waals surface area contributed by atoms with Gasteiger partial charge in [0.2, 0.25) is 11.7 Å². The van der Waals surface area contributed by atoms with Crippen molar-refractivity contribution >= 4 is 38.4 Å². The first-order valence-corrected chi connectivity index (χ1v) is 9.58. The highest BCUT2D eigenvalue weighted by Gasteiger charge is 2.17. The fourth-order valence-electron chi connectivity index (χ4n) is 2.92. The summed E-state index contributed by atoms with van der Waals surface area (Å²) in [5, 5.41) is 30.8. The summed E-state index contributed by atoms with van der Waals surface area (Å²) < 4.78 is 2.31. The van der Waals surface area contributed by atoms with Crippen LogP contribution in [0, 0.1) is 12.3 Å². The van der Waals surface area contributed by atoms with E-state index in [9.17, 15) is 9.90 Å². The number of amides is 1. The van der Waals surface area contributed by atoms with Gasteiger partial charge in [-0.1, -0.05) is 52.2 Å². The second kappa shape index (κ2) is 8.26. The Hall–Kier alpha value is -3.84. The van der Waals surface area contributed by atoms with Gasteiger partial charge in [0, 0.05) is 15.4 Å². The van der Waals surface area contributed by atoms with E-state index in [1.54, 1.807) is 12.1 Å². The second-order valence-electron chi connectivity index (χ2n) is 6.23. The minimum Gasteiger partial charge on any atom is -0.493 e. The van der Waals surface area contributed by atoms with E-state index >= 15 is 0 Å². The lowest BCUT2D eigenvalue weighted by Crippen LogP contribution is -2.10. The van der Waals surface area contributed by atoms with Gasteiger partial charge in [-0.3, -0.25) is 9.36 Å². The maximum Gasteiger partial charge on any atom is 0.287 e. The summed E-state index contributed by atoms with van der Waals surface area (Å²) in [5.41, 5.74) is 1.63. The van der Waals surface area contributed by atoms with Crippen LogP contribution in [0.2, 0.25) is 0 Å². The summed E-state index contributed by atoms with van der Waals surface area (Å²) >= 11 is 3.39. The number of terminal acetylenes is 1. The summed E-state index contributed by atoms with van der Waals surface area (Å²) in [6.45, 7) is -0.0879. The Labute approximate surface area is 179 Å². The Morgan fingerprint density at radius 2 is 2.03 bits per heavy atom. The SMILES string of the molecule is C#CCn1c(O)c(N=NC(=O)Cn2nnc(-c3ccccc3)n2)c2cc(Br)ccc21. The molecule has 2 aromatic carbocycles. The van der Waals surface area contributed by atoms with Crippen molar-refractivity contribution in [2.24, 2.45) is 10.2 Å². The fraction of sp³-hybridized carbons (Fsp3) is 0.100. The third-order valence-corrected chi connectivity index (χ3v) is 4.74. The molecular weight excluding hydrogens is 450 g/mol. The predicted molar refractivity (Wildman–Crippen MR) is 113 cm³/mol. The molecule has 0 atom stereocenters. The van der Waals surface area contributed by atoms with E-state index in [-0.39, 0.29) is 24.7 Å². The third-order valence-electron chi connectivity index (χ3n) is 4.24. The molecule has 0 saturated heterocycles. The zero-order valence-electron chi connectivity index (χ0n) is 15.5. The Balaban J connectivity index is 1.57. The Kier molecular flexibility index (Phi) is 5.36. The van der Waals surface area contributed by atoms with E-state index in [0.29, 0.717) is 16.7 Å². The maximum absolute atomic E-state index is 12.3. The zero-order valence-corrected chi connectivity index (χ0v) is 17.1.